The van der Waals surface area contributed by atoms with E-state index in [2.05, 4.69) is 29.5 Å². The molecule has 0 amide bonds. The van der Waals surface area contributed by atoms with Crippen LogP contribution >= 0.6 is 11.3 Å². The third-order valence-electron chi connectivity index (χ3n) is 3.86. The van der Waals surface area contributed by atoms with Crippen LogP contribution in [0.1, 0.15) is 56.7 Å². The van der Waals surface area contributed by atoms with Gasteiger partial charge in [-0.2, -0.15) is 0 Å². The van der Waals surface area contributed by atoms with Gasteiger partial charge >= 0.3 is 0 Å². The Bertz CT molecular complexity index is 329. The van der Waals surface area contributed by atoms with Gasteiger partial charge in [-0.3, -0.25) is 0 Å². The second-order valence-corrected chi connectivity index (χ2v) is 6.10. The molecule has 0 unspecified atom stereocenters. The van der Waals surface area contributed by atoms with Crippen LogP contribution in [0.2, 0.25) is 0 Å². The van der Waals surface area contributed by atoms with Crippen molar-refractivity contribution in [2.75, 3.05) is 0 Å². The molecule has 0 bridgehead atoms. The van der Waals surface area contributed by atoms with E-state index >= 15 is 0 Å². The first-order valence-electron chi connectivity index (χ1n) is 6.96. The van der Waals surface area contributed by atoms with Crippen LogP contribution in [-0.2, 0) is 13.0 Å². The minimum atomic E-state index is 0.641. The number of hydrogen-bond donors (Lipinski definition) is 1. The average Bonchev–Trinajstić information content (AvgIpc) is 2.85. The third kappa shape index (κ3) is 3.78. The maximum Gasteiger partial charge on any atom is 0.0926 e. The fourth-order valence-electron chi connectivity index (χ4n) is 2.66. The van der Waals surface area contributed by atoms with E-state index in [0.717, 1.165) is 18.9 Å². The maximum atomic E-state index is 4.60. The molecule has 0 spiro atoms. The van der Waals surface area contributed by atoms with Gasteiger partial charge in [0, 0.05) is 18.0 Å². The normalized spacial score (nSPS) is 19.4. The lowest BCUT2D eigenvalue weighted by molar-refractivity contribution is 0.280. The topological polar surface area (TPSA) is 24.9 Å². The van der Waals surface area contributed by atoms with E-state index in [4.69, 9.17) is 0 Å². The zero-order valence-electron chi connectivity index (χ0n) is 11.0. The summed E-state index contributed by atoms with van der Waals surface area (Å²) in [5, 5.41) is 7.10. The first kappa shape index (κ1) is 13.0. The average molecular weight is 252 g/mol. The van der Waals surface area contributed by atoms with E-state index in [9.17, 15) is 0 Å². The van der Waals surface area contributed by atoms with Crippen molar-refractivity contribution < 1.29 is 0 Å². The number of hydrogen-bond acceptors (Lipinski definition) is 3. The van der Waals surface area contributed by atoms with Crippen molar-refractivity contribution in [3.63, 3.8) is 0 Å². The van der Waals surface area contributed by atoms with Crippen molar-refractivity contribution in [3.8, 4) is 0 Å². The van der Waals surface area contributed by atoms with Gasteiger partial charge in [-0.15, -0.1) is 11.3 Å². The smallest absolute Gasteiger partial charge is 0.0926 e. The fraction of sp³-hybridized carbons (Fsp3) is 0.786. The van der Waals surface area contributed by atoms with E-state index in [0.29, 0.717) is 6.04 Å². The monoisotopic (exact) mass is 252 g/mol. The Morgan fingerprint density at radius 3 is 2.82 bits per heavy atom. The Morgan fingerprint density at radius 1 is 1.41 bits per heavy atom. The molecule has 1 aliphatic rings. The summed E-state index contributed by atoms with van der Waals surface area (Å²) in [6, 6.07) is 0.641. The molecule has 1 aromatic rings. The van der Waals surface area contributed by atoms with E-state index in [-0.39, 0.29) is 0 Å². The predicted octanol–water partition coefficient (Wildman–Crippen LogP) is 3.76. The predicted molar refractivity (Wildman–Crippen MR) is 74.4 cm³/mol. The summed E-state index contributed by atoms with van der Waals surface area (Å²) in [5.41, 5.74) is 1.22. The van der Waals surface area contributed by atoms with Crippen LogP contribution in [-0.4, -0.2) is 11.0 Å². The lowest BCUT2D eigenvalue weighted by Gasteiger charge is -2.28. The molecule has 0 saturated heterocycles. The van der Waals surface area contributed by atoms with Crippen LogP contribution in [0.25, 0.3) is 0 Å². The SMILES string of the molecule is CCc1nc(CN[C@@H](C)C2CCCCC2)cs1. The fourth-order valence-corrected chi connectivity index (χ4v) is 3.40. The molecular weight excluding hydrogens is 228 g/mol. The summed E-state index contributed by atoms with van der Waals surface area (Å²) in [4.78, 5) is 4.60. The van der Waals surface area contributed by atoms with Crippen molar-refractivity contribution in [3.05, 3.63) is 16.1 Å². The third-order valence-corrected chi connectivity index (χ3v) is 4.91. The quantitative estimate of drug-likeness (QED) is 0.863. The highest BCUT2D eigenvalue weighted by molar-refractivity contribution is 7.09. The number of nitrogens with zero attached hydrogens (tertiary/aromatic N) is 1. The molecule has 2 rings (SSSR count). The highest BCUT2D eigenvalue weighted by atomic mass is 32.1. The first-order valence-corrected chi connectivity index (χ1v) is 7.84. The summed E-state index contributed by atoms with van der Waals surface area (Å²) < 4.78 is 0. The van der Waals surface area contributed by atoms with E-state index in [1.54, 1.807) is 11.3 Å². The van der Waals surface area contributed by atoms with Crippen molar-refractivity contribution >= 4 is 11.3 Å². The maximum absolute atomic E-state index is 4.60. The Hall–Kier alpha value is -0.410. The molecule has 3 heteroatoms. The van der Waals surface area contributed by atoms with Crippen molar-refractivity contribution in [1.29, 1.82) is 0 Å². The highest BCUT2D eigenvalue weighted by Crippen LogP contribution is 2.26. The highest BCUT2D eigenvalue weighted by Gasteiger charge is 2.19. The molecular formula is C14H24N2S. The summed E-state index contributed by atoms with van der Waals surface area (Å²) in [6.45, 7) is 5.44. The molecule has 1 atom stereocenters. The van der Waals surface area contributed by atoms with Gasteiger partial charge in [-0.25, -0.2) is 4.98 Å². The van der Waals surface area contributed by atoms with Crippen molar-refractivity contribution in [2.24, 2.45) is 5.92 Å². The van der Waals surface area contributed by atoms with Gasteiger partial charge in [0.2, 0.25) is 0 Å². The second kappa shape index (κ2) is 6.50. The van der Waals surface area contributed by atoms with E-state index in [1.807, 2.05) is 0 Å². The number of nitrogens with one attached hydrogen (secondary N) is 1. The molecule has 1 aromatic heterocycles. The van der Waals surface area contributed by atoms with Crippen LogP contribution in [0.4, 0.5) is 0 Å². The Morgan fingerprint density at radius 2 is 2.18 bits per heavy atom. The second-order valence-electron chi connectivity index (χ2n) is 5.15. The summed E-state index contributed by atoms with van der Waals surface area (Å²) in [7, 11) is 0. The van der Waals surface area contributed by atoms with Crippen LogP contribution in [0.15, 0.2) is 5.38 Å². The van der Waals surface area contributed by atoms with E-state index < -0.39 is 0 Å². The van der Waals surface area contributed by atoms with Gasteiger partial charge in [-0.1, -0.05) is 26.2 Å². The van der Waals surface area contributed by atoms with Crippen molar-refractivity contribution in [1.82, 2.24) is 10.3 Å². The number of rotatable bonds is 5. The van der Waals surface area contributed by atoms with Gasteiger partial charge in [0.15, 0.2) is 0 Å². The van der Waals surface area contributed by atoms with Gasteiger partial charge in [0.05, 0.1) is 10.7 Å². The molecule has 96 valence electrons. The Kier molecular flexibility index (Phi) is 4.99. The lowest BCUT2D eigenvalue weighted by atomic mass is 9.84. The number of aromatic nitrogens is 1. The molecule has 1 aliphatic carbocycles. The lowest BCUT2D eigenvalue weighted by Crippen LogP contribution is -2.34. The van der Waals surface area contributed by atoms with Crippen LogP contribution in [0, 0.1) is 5.92 Å². The Balaban J connectivity index is 1.76. The van der Waals surface area contributed by atoms with Gasteiger partial charge < -0.3 is 5.32 Å². The molecule has 1 fully saturated rings. The molecule has 0 radical (unpaired) electrons. The first-order chi connectivity index (χ1) is 8.29. The van der Waals surface area contributed by atoms with Crippen molar-refractivity contribution in [2.45, 2.75) is 65.0 Å². The molecule has 2 nitrogen and oxygen atoms in total. The molecule has 1 N–H and O–H groups in total. The molecule has 1 heterocycles. The Labute approximate surface area is 109 Å². The molecule has 0 aliphatic heterocycles. The van der Waals surface area contributed by atoms with Crippen LogP contribution in [0.5, 0.6) is 0 Å². The van der Waals surface area contributed by atoms with Crippen LogP contribution in [0.3, 0.4) is 0 Å². The van der Waals surface area contributed by atoms with Gasteiger partial charge in [0.1, 0.15) is 0 Å². The minimum Gasteiger partial charge on any atom is -0.308 e. The number of thiazole rings is 1. The zero-order valence-corrected chi connectivity index (χ0v) is 11.9. The van der Waals surface area contributed by atoms with Crippen LogP contribution < -0.4 is 5.32 Å². The summed E-state index contributed by atoms with van der Waals surface area (Å²) in [5.74, 6) is 0.882. The van der Waals surface area contributed by atoms with E-state index in [1.165, 1.54) is 42.8 Å². The molecule has 17 heavy (non-hydrogen) atoms. The zero-order chi connectivity index (χ0) is 12.1. The largest absolute Gasteiger partial charge is 0.308 e. The number of aryl methyl sites for hydroxylation is 1. The summed E-state index contributed by atoms with van der Waals surface area (Å²) in [6.07, 6.45) is 8.16. The molecule has 1 saturated carbocycles. The van der Waals surface area contributed by atoms with Gasteiger partial charge in [-0.05, 0) is 32.1 Å². The summed E-state index contributed by atoms with van der Waals surface area (Å²) >= 11 is 1.79. The standard InChI is InChI=1S/C14H24N2S/c1-3-14-16-13(10-17-14)9-15-11(2)12-7-5-4-6-8-12/h10-12,15H,3-9H2,1-2H3/t11-/m0/s1. The van der Waals surface area contributed by atoms with Gasteiger partial charge in [0.25, 0.3) is 0 Å². The minimum absolute atomic E-state index is 0.641. The molecule has 0 aromatic carbocycles.